The second-order valence-electron chi connectivity index (χ2n) is 15.3. The second kappa shape index (κ2) is 13.5. The number of carbonyl (C=O) groups is 2. The number of aromatic hydroxyl groups is 1. The number of carboxylic acids is 1. The number of carbonyl (C=O) groups excluding carboxylic acids is 1. The average Bonchev–Trinajstić information content (AvgIpc) is 3.34. The van der Waals surface area contributed by atoms with Gasteiger partial charge in [-0.25, -0.2) is 9.18 Å². The molecule has 45 heavy (non-hydrogen) atoms. The molecule has 0 spiro atoms. The Morgan fingerprint density at radius 1 is 1.07 bits per heavy atom. The number of hydrogen-bond acceptors (Lipinski definition) is 7. The third kappa shape index (κ3) is 6.62. The molecule has 4 aliphatic rings. The first-order valence-corrected chi connectivity index (χ1v) is 17.0. The highest BCUT2D eigenvalue weighted by molar-refractivity contribution is 5.84. The lowest BCUT2D eigenvalue weighted by molar-refractivity contribution is -0.207. The molecule has 10 heteroatoms. The maximum Gasteiger partial charge on any atom is 0.326 e. The Kier molecular flexibility index (Phi) is 10.2. The van der Waals surface area contributed by atoms with E-state index in [9.17, 15) is 39.5 Å². The molecular formula is C35H53FN2O7. The van der Waals surface area contributed by atoms with Gasteiger partial charge in [0.1, 0.15) is 6.04 Å². The number of benzene rings is 1. The molecule has 0 radical (unpaired) electrons. The molecule has 5 rings (SSSR count). The molecule has 4 saturated carbocycles. The van der Waals surface area contributed by atoms with Crippen LogP contribution in [0.15, 0.2) is 18.2 Å². The fourth-order valence-electron chi connectivity index (χ4n) is 10.4. The van der Waals surface area contributed by atoms with E-state index < -0.39 is 35.6 Å². The summed E-state index contributed by atoms with van der Waals surface area (Å²) in [5.41, 5.74) is 0.158. The SMILES string of the molecule is C[C@H](CCCNCC(=O)NC(Cc1ccc(O)c(F)c1)C(=O)O)[C@H]1CC[C@H]2[C@@H]3[C@H](O)C[C@@H]4C[C@H](O)CC[C@]4(C)[C@H]3C[C@H](O)[C@]12C. The Morgan fingerprint density at radius 3 is 2.53 bits per heavy atom. The Hall–Kier alpha value is -2.27. The lowest BCUT2D eigenvalue weighted by atomic mass is 9.43. The number of amides is 1. The molecule has 12 atom stereocenters. The molecule has 1 amide bonds. The minimum atomic E-state index is -1.22. The number of halogens is 1. The summed E-state index contributed by atoms with van der Waals surface area (Å²) in [4.78, 5) is 24.2. The van der Waals surface area contributed by atoms with Crippen molar-refractivity contribution in [2.24, 2.45) is 46.3 Å². The molecule has 4 fully saturated rings. The van der Waals surface area contributed by atoms with Crippen molar-refractivity contribution in [2.75, 3.05) is 13.1 Å². The molecule has 1 unspecified atom stereocenters. The van der Waals surface area contributed by atoms with Gasteiger partial charge in [-0.05, 0) is 128 Å². The fraction of sp³-hybridized carbons (Fsp3) is 0.771. The van der Waals surface area contributed by atoms with Crippen LogP contribution in [0.1, 0.15) is 84.1 Å². The van der Waals surface area contributed by atoms with Gasteiger partial charge in [0.05, 0.1) is 24.9 Å². The van der Waals surface area contributed by atoms with E-state index in [1.165, 1.54) is 6.07 Å². The van der Waals surface area contributed by atoms with Gasteiger partial charge < -0.3 is 36.2 Å². The number of carboxylic acid groups (broad SMARTS) is 1. The van der Waals surface area contributed by atoms with Gasteiger partial charge in [-0.15, -0.1) is 0 Å². The van der Waals surface area contributed by atoms with Crippen molar-refractivity contribution in [2.45, 2.75) is 109 Å². The molecule has 0 saturated heterocycles. The maximum atomic E-state index is 13.6. The first-order chi connectivity index (χ1) is 21.2. The zero-order valence-electron chi connectivity index (χ0n) is 26.9. The van der Waals surface area contributed by atoms with Crippen LogP contribution in [0.3, 0.4) is 0 Å². The molecule has 4 aliphatic carbocycles. The van der Waals surface area contributed by atoms with Crippen molar-refractivity contribution in [3.8, 4) is 5.75 Å². The van der Waals surface area contributed by atoms with Crippen molar-refractivity contribution >= 4 is 11.9 Å². The summed E-state index contributed by atoms with van der Waals surface area (Å²) in [6.07, 6.45) is 6.60. The van der Waals surface area contributed by atoms with E-state index in [1.807, 2.05) is 0 Å². The van der Waals surface area contributed by atoms with Crippen LogP contribution in [0.5, 0.6) is 5.75 Å². The van der Waals surface area contributed by atoms with Gasteiger partial charge in [0.15, 0.2) is 11.6 Å². The topological polar surface area (TPSA) is 159 Å². The number of rotatable bonds is 11. The number of aliphatic carboxylic acids is 1. The van der Waals surface area contributed by atoms with Gasteiger partial charge in [0, 0.05) is 6.42 Å². The molecule has 9 nitrogen and oxygen atoms in total. The third-order valence-corrected chi connectivity index (χ3v) is 12.9. The predicted molar refractivity (Wildman–Crippen MR) is 167 cm³/mol. The van der Waals surface area contributed by atoms with Crippen molar-refractivity contribution in [3.63, 3.8) is 0 Å². The zero-order valence-corrected chi connectivity index (χ0v) is 26.9. The molecule has 252 valence electrons. The number of hydrogen-bond donors (Lipinski definition) is 7. The van der Waals surface area contributed by atoms with Gasteiger partial charge in [-0.1, -0.05) is 26.8 Å². The van der Waals surface area contributed by atoms with Crippen LogP contribution in [-0.2, 0) is 16.0 Å². The summed E-state index contributed by atoms with van der Waals surface area (Å²) in [7, 11) is 0. The summed E-state index contributed by atoms with van der Waals surface area (Å²) < 4.78 is 13.6. The van der Waals surface area contributed by atoms with E-state index in [0.717, 1.165) is 69.9 Å². The Labute approximate surface area is 266 Å². The molecule has 0 heterocycles. The first kappa shape index (κ1) is 34.1. The van der Waals surface area contributed by atoms with Crippen LogP contribution < -0.4 is 10.6 Å². The van der Waals surface area contributed by atoms with Crippen molar-refractivity contribution < 1.29 is 39.5 Å². The highest BCUT2D eigenvalue weighted by Gasteiger charge is 2.65. The molecule has 0 aromatic heterocycles. The molecule has 0 bridgehead atoms. The fourth-order valence-corrected chi connectivity index (χ4v) is 10.4. The number of phenolic OH excluding ortho intramolecular Hbond substituents is 1. The number of aliphatic hydroxyl groups is 3. The van der Waals surface area contributed by atoms with Gasteiger partial charge in [0.2, 0.25) is 5.91 Å². The first-order valence-electron chi connectivity index (χ1n) is 17.0. The number of fused-ring (bicyclic) bond motifs is 5. The lowest BCUT2D eigenvalue weighted by Gasteiger charge is -2.63. The number of nitrogens with one attached hydrogen (secondary N) is 2. The van der Waals surface area contributed by atoms with E-state index in [4.69, 9.17) is 0 Å². The lowest BCUT2D eigenvalue weighted by Crippen LogP contribution is -2.62. The van der Waals surface area contributed by atoms with E-state index in [-0.39, 0.29) is 53.8 Å². The van der Waals surface area contributed by atoms with E-state index in [2.05, 4.69) is 31.4 Å². The normalized spacial score (nSPS) is 38.8. The van der Waals surface area contributed by atoms with Gasteiger partial charge in [-0.2, -0.15) is 0 Å². The number of aliphatic hydroxyl groups excluding tert-OH is 3. The molecule has 0 aliphatic heterocycles. The average molecular weight is 633 g/mol. The Balaban J connectivity index is 1.10. The highest BCUT2D eigenvalue weighted by Crippen LogP contribution is 2.68. The minimum absolute atomic E-state index is 0.0399. The largest absolute Gasteiger partial charge is 0.505 e. The van der Waals surface area contributed by atoms with Crippen LogP contribution in [0.25, 0.3) is 0 Å². The smallest absolute Gasteiger partial charge is 0.326 e. The van der Waals surface area contributed by atoms with Crippen molar-refractivity contribution in [3.05, 3.63) is 29.6 Å². The van der Waals surface area contributed by atoms with Crippen LogP contribution in [-0.4, -0.2) is 74.9 Å². The predicted octanol–water partition coefficient (Wildman–Crippen LogP) is 3.61. The third-order valence-electron chi connectivity index (χ3n) is 12.9. The minimum Gasteiger partial charge on any atom is -0.505 e. The standard InChI is InChI=1S/C35H53FN2O7/c1-19(5-4-12-37-18-31(43)38-27(33(44)45)14-20-6-9-28(40)26(36)13-20)23-7-8-24-32-25(17-30(42)35(23,24)3)34(2)11-10-22(39)15-21(34)16-29(32)41/h6,9,13,19,21-25,27,29-30,32,37,39-42H,4-5,7-8,10-12,14-18H2,1-3H3,(H,38,43)(H,44,45)/t19-,21+,22-,23-,24+,25+,27?,29-,30+,32+,34+,35-/m1/s1. The van der Waals surface area contributed by atoms with E-state index in [0.29, 0.717) is 29.9 Å². The van der Waals surface area contributed by atoms with Crippen LogP contribution in [0.2, 0.25) is 0 Å². The van der Waals surface area contributed by atoms with E-state index >= 15 is 0 Å². The second-order valence-corrected chi connectivity index (χ2v) is 15.3. The molecule has 7 N–H and O–H groups in total. The van der Waals surface area contributed by atoms with Crippen molar-refractivity contribution in [1.29, 1.82) is 0 Å². The molecule has 1 aromatic rings. The Bertz CT molecular complexity index is 1230. The van der Waals surface area contributed by atoms with Gasteiger partial charge in [-0.3, -0.25) is 4.79 Å². The Morgan fingerprint density at radius 2 is 1.82 bits per heavy atom. The summed E-state index contributed by atoms with van der Waals surface area (Å²) in [5, 5.41) is 58.1. The zero-order chi connectivity index (χ0) is 32.7. The maximum absolute atomic E-state index is 13.6. The van der Waals surface area contributed by atoms with E-state index in [1.54, 1.807) is 0 Å². The molecule has 1 aromatic carbocycles. The quantitative estimate of drug-likeness (QED) is 0.182. The van der Waals surface area contributed by atoms with Crippen molar-refractivity contribution in [1.82, 2.24) is 10.6 Å². The molecular weight excluding hydrogens is 579 g/mol. The van der Waals surface area contributed by atoms with Crippen LogP contribution >= 0.6 is 0 Å². The monoisotopic (exact) mass is 632 g/mol. The summed E-state index contributed by atoms with van der Waals surface area (Å²) in [5.74, 6) is -1.30. The van der Waals surface area contributed by atoms with Crippen LogP contribution in [0.4, 0.5) is 4.39 Å². The highest BCUT2D eigenvalue weighted by atomic mass is 19.1. The summed E-state index contributed by atoms with van der Waals surface area (Å²) in [6, 6.07) is 2.42. The van der Waals surface area contributed by atoms with Gasteiger partial charge >= 0.3 is 5.97 Å². The van der Waals surface area contributed by atoms with Crippen LogP contribution in [0, 0.1) is 52.2 Å². The van der Waals surface area contributed by atoms with Gasteiger partial charge in [0.25, 0.3) is 0 Å². The summed E-state index contributed by atoms with van der Waals surface area (Å²) in [6.45, 7) is 7.41. The summed E-state index contributed by atoms with van der Waals surface area (Å²) >= 11 is 0. The number of phenols is 1.